The molecule has 0 radical (unpaired) electrons. The number of hydrogen-bond donors (Lipinski definition) is 3. The van der Waals surface area contributed by atoms with E-state index < -0.39 is 0 Å². The van der Waals surface area contributed by atoms with Crippen LogP contribution in [0.2, 0.25) is 5.02 Å². The number of hydrogen-bond acceptors (Lipinski definition) is 5. The van der Waals surface area contributed by atoms with Crippen molar-refractivity contribution < 1.29 is 0 Å². The van der Waals surface area contributed by atoms with Crippen LogP contribution in [-0.4, -0.2) is 9.97 Å². The van der Waals surface area contributed by atoms with Gasteiger partial charge in [-0.15, -0.1) is 0 Å². The zero-order valence-corrected chi connectivity index (χ0v) is 9.07. The van der Waals surface area contributed by atoms with Crippen LogP contribution in [0.15, 0.2) is 30.6 Å². The lowest BCUT2D eigenvalue weighted by molar-refractivity contribution is 1.18. The molecule has 0 fully saturated rings. The third kappa shape index (κ3) is 2.14. The second kappa shape index (κ2) is 4.24. The summed E-state index contributed by atoms with van der Waals surface area (Å²) in [5.74, 6) is 0.717. The lowest BCUT2D eigenvalue weighted by Crippen LogP contribution is -2.04. The third-order valence-corrected chi connectivity index (χ3v) is 2.24. The highest BCUT2D eigenvalue weighted by molar-refractivity contribution is 6.30. The minimum absolute atomic E-state index is 0.250. The fraction of sp³-hybridized carbons (Fsp3) is 0. The molecule has 0 saturated heterocycles. The molecule has 0 amide bonds. The maximum Gasteiger partial charge on any atom is 0.159 e. The van der Waals surface area contributed by atoms with Gasteiger partial charge in [0.25, 0.3) is 0 Å². The molecular formula is C10H10ClN5. The van der Waals surface area contributed by atoms with E-state index in [1.54, 1.807) is 12.1 Å². The average Bonchev–Trinajstić information content (AvgIpc) is 2.25. The Morgan fingerprint density at radius 3 is 2.75 bits per heavy atom. The van der Waals surface area contributed by atoms with Crippen molar-refractivity contribution >= 4 is 34.6 Å². The first-order valence-corrected chi connectivity index (χ1v) is 4.93. The fourth-order valence-electron chi connectivity index (χ4n) is 1.21. The van der Waals surface area contributed by atoms with Gasteiger partial charge in [0, 0.05) is 10.7 Å². The molecule has 0 aliphatic heterocycles. The fourth-order valence-corrected chi connectivity index (χ4v) is 1.40. The molecule has 0 aliphatic carbocycles. The maximum absolute atomic E-state index is 5.85. The summed E-state index contributed by atoms with van der Waals surface area (Å²) in [4.78, 5) is 7.77. The second-order valence-electron chi connectivity index (χ2n) is 3.16. The van der Waals surface area contributed by atoms with Crippen LogP contribution in [0.3, 0.4) is 0 Å². The maximum atomic E-state index is 5.85. The van der Waals surface area contributed by atoms with Gasteiger partial charge in [-0.25, -0.2) is 9.97 Å². The summed E-state index contributed by atoms with van der Waals surface area (Å²) in [6, 6.07) is 7.22. The van der Waals surface area contributed by atoms with Gasteiger partial charge in [-0.05, 0) is 18.2 Å². The first-order chi connectivity index (χ1) is 7.66. The first kappa shape index (κ1) is 10.5. The van der Waals surface area contributed by atoms with Crippen molar-refractivity contribution in [2.45, 2.75) is 0 Å². The smallest absolute Gasteiger partial charge is 0.159 e. The van der Waals surface area contributed by atoms with Crippen LogP contribution in [0.25, 0.3) is 0 Å². The standard InChI is InChI=1S/C10H10ClN5/c11-6-2-1-3-7(4-6)16-10-8(12)9(13)14-5-15-10/h1-5H,12H2,(H3,13,14,15,16). The Hall–Kier alpha value is -2.01. The summed E-state index contributed by atoms with van der Waals surface area (Å²) in [5.41, 5.74) is 12.4. The zero-order chi connectivity index (χ0) is 11.5. The van der Waals surface area contributed by atoms with E-state index in [1.807, 2.05) is 12.1 Å². The molecule has 16 heavy (non-hydrogen) atoms. The van der Waals surface area contributed by atoms with Crippen LogP contribution in [-0.2, 0) is 0 Å². The Morgan fingerprint density at radius 2 is 2.00 bits per heavy atom. The van der Waals surface area contributed by atoms with Gasteiger partial charge in [-0.1, -0.05) is 17.7 Å². The van der Waals surface area contributed by atoms with E-state index in [0.29, 0.717) is 16.5 Å². The highest BCUT2D eigenvalue weighted by Gasteiger charge is 2.05. The van der Waals surface area contributed by atoms with Gasteiger partial charge in [0.15, 0.2) is 11.6 Å². The van der Waals surface area contributed by atoms with E-state index in [4.69, 9.17) is 23.1 Å². The molecule has 2 aromatic rings. The van der Waals surface area contributed by atoms with Gasteiger partial charge in [0.2, 0.25) is 0 Å². The summed E-state index contributed by atoms with van der Waals surface area (Å²) in [6.45, 7) is 0. The molecule has 0 aliphatic rings. The predicted molar refractivity (Wildman–Crippen MR) is 65.6 cm³/mol. The summed E-state index contributed by atoms with van der Waals surface area (Å²) >= 11 is 5.85. The number of nitrogen functional groups attached to an aromatic ring is 2. The number of nitrogens with one attached hydrogen (secondary N) is 1. The van der Waals surface area contributed by atoms with Gasteiger partial charge in [-0.3, -0.25) is 0 Å². The molecule has 2 rings (SSSR count). The van der Waals surface area contributed by atoms with Crippen LogP contribution < -0.4 is 16.8 Å². The summed E-state index contributed by atoms with van der Waals surface area (Å²) in [6.07, 6.45) is 1.35. The lowest BCUT2D eigenvalue weighted by Gasteiger charge is -2.08. The van der Waals surface area contributed by atoms with Gasteiger partial charge in [0.1, 0.15) is 12.0 Å². The van der Waals surface area contributed by atoms with E-state index in [0.717, 1.165) is 5.69 Å². The molecule has 1 heterocycles. The summed E-state index contributed by atoms with van der Waals surface area (Å²) in [7, 11) is 0. The van der Waals surface area contributed by atoms with Crippen molar-refractivity contribution in [3.8, 4) is 0 Å². The number of anilines is 4. The van der Waals surface area contributed by atoms with E-state index >= 15 is 0 Å². The SMILES string of the molecule is Nc1ncnc(Nc2cccc(Cl)c2)c1N. The minimum atomic E-state index is 0.250. The van der Waals surface area contributed by atoms with E-state index in [-0.39, 0.29) is 5.82 Å². The van der Waals surface area contributed by atoms with Crippen LogP contribution in [0.1, 0.15) is 0 Å². The van der Waals surface area contributed by atoms with Crippen molar-refractivity contribution in [1.82, 2.24) is 9.97 Å². The Labute approximate surface area is 97.5 Å². The topological polar surface area (TPSA) is 89.8 Å². The predicted octanol–water partition coefficient (Wildman–Crippen LogP) is 2.04. The second-order valence-corrected chi connectivity index (χ2v) is 3.59. The van der Waals surface area contributed by atoms with E-state index in [2.05, 4.69) is 15.3 Å². The van der Waals surface area contributed by atoms with E-state index in [1.165, 1.54) is 6.33 Å². The molecule has 0 spiro atoms. The number of nitrogens with zero attached hydrogens (tertiary/aromatic N) is 2. The molecule has 5 N–H and O–H groups in total. The van der Waals surface area contributed by atoms with Gasteiger partial charge in [0.05, 0.1) is 0 Å². The Morgan fingerprint density at radius 1 is 1.19 bits per heavy atom. The number of aromatic nitrogens is 2. The molecule has 0 saturated carbocycles. The molecule has 0 bridgehead atoms. The van der Waals surface area contributed by atoms with Crippen molar-refractivity contribution in [1.29, 1.82) is 0 Å². The number of benzene rings is 1. The van der Waals surface area contributed by atoms with Crippen LogP contribution in [0.5, 0.6) is 0 Å². The number of rotatable bonds is 2. The van der Waals surface area contributed by atoms with Crippen molar-refractivity contribution in [2.24, 2.45) is 0 Å². The Bertz CT molecular complexity index is 514. The first-order valence-electron chi connectivity index (χ1n) is 4.55. The van der Waals surface area contributed by atoms with Crippen LogP contribution in [0, 0.1) is 0 Å². The molecule has 0 atom stereocenters. The Balaban J connectivity index is 2.31. The van der Waals surface area contributed by atoms with Crippen LogP contribution >= 0.6 is 11.6 Å². The quantitative estimate of drug-likeness (QED) is 0.741. The monoisotopic (exact) mass is 235 g/mol. The molecule has 1 aromatic heterocycles. The highest BCUT2D eigenvalue weighted by atomic mass is 35.5. The summed E-state index contributed by atoms with van der Waals surface area (Å²) < 4.78 is 0. The van der Waals surface area contributed by atoms with Crippen molar-refractivity contribution in [3.05, 3.63) is 35.6 Å². The molecule has 82 valence electrons. The van der Waals surface area contributed by atoms with Crippen LogP contribution in [0.4, 0.5) is 23.0 Å². The molecule has 5 nitrogen and oxygen atoms in total. The average molecular weight is 236 g/mol. The highest BCUT2D eigenvalue weighted by Crippen LogP contribution is 2.24. The van der Waals surface area contributed by atoms with E-state index in [9.17, 15) is 0 Å². The number of halogens is 1. The number of nitrogens with two attached hydrogens (primary N) is 2. The van der Waals surface area contributed by atoms with Crippen molar-refractivity contribution in [2.75, 3.05) is 16.8 Å². The largest absolute Gasteiger partial charge is 0.393 e. The molecule has 6 heteroatoms. The normalized spacial score (nSPS) is 10.1. The third-order valence-electron chi connectivity index (χ3n) is 2.00. The lowest BCUT2D eigenvalue weighted by atomic mass is 10.3. The molecular weight excluding hydrogens is 226 g/mol. The minimum Gasteiger partial charge on any atom is -0.393 e. The molecule has 1 aromatic carbocycles. The van der Waals surface area contributed by atoms with Gasteiger partial charge < -0.3 is 16.8 Å². The summed E-state index contributed by atoms with van der Waals surface area (Å²) in [5, 5.41) is 3.64. The van der Waals surface area contributed by atoms with Gasteiger partial charge in [-0.2, -0.15) is 0 Å². The molecule has 0 unspecified atom stereocenters. The van der Waals surface area contributed by atoms with Gasteiger partial charge >= 0.3 is 0 Å². The van der Waals surface area contributed by atoms with Crippen molar-refractivity contribution in [3.63, 3.8) is 0 Å². The zero-order valence-electron chi connectivity index (χ0n) is 8.31. The Kier molecular flexibility index (Phi) is 2.78.